The zero-order chi connectivity index (χ0) is 21.1. The summed E-state index contributed by atoms with van der Waals surface area (Å²) in [6.07, 6.45) is 0. The third-order valence-corrected chi connectivity index (χ3v) is 4.76. The lowest BCUT2D eigenvalue weighted by molar-refractivity contribution is -0.150. The number of para-hydroxylation sites is 1. The Morgan fingerprint density at radius 1 is 0.931 bits per heavy atom. The van der Waals surface area contributed by atoms with Crippen molar-refractivity contribution in [2.75, 3.05) is 11.9 Å². The molecule has 0 saturated heterocycles. The van der Waals surface area contributed by atoms with Crippen LogP contribution in [0.1, 0.15) is 53.0 Å². The van der Waals surface area contributed by atoms with Crippen LogP contribution in [0.2, 0.25) is 0 Å². The number of fused-ring (bicyclic) bond motifs is 1. The van der Waals surface area contributed by atoms with E-state index in [9.17, 15) is 19.2 Å². The van der Waals surface area contributed by atoms with Gasteiger partial charge < -0.3 is 10.1 Å². The molecule has 0 spiro atoms. The summed E-state index contributed by atoms with van der Waals surface area (Å²) in [5.74, 6) is -2.22. The van der Waals surface area contributed by atoms with Crippen LogP contribution in [0.4, 0.5) is 5.69 Å². The highest BCUT2D eigenvalue weighted by Crippen LogP contribution is 2.25. The maximum Gasteiger partial charge on any atom is 0.329 e. The van der Waals surface area contributed by atoms with Crippen LogP contribution in [-0.2, 0) is 14.3 Å². The van der Waals surface area contributed by atoms with E-state index in [0.29, 0.717) is 5.69 Å². The van der Waals surface area contributed by atoms with Gasteiger partial charge in [0, 0.05) is 5.69 Å². The SMILES string of the molecule is CC(C)c1ccccc1NC(=O)COC(=O)C(C)N1C(=O)c2ccccc2C1=O. The monoisotopic (exact) mass is 394 g/mol. The topological polar surface area (TPSA) is 92.8 Å². The number of anilines is 1. The van der Waals surface area contributed by atoms with Gasteiger partial charge in [-0.2, -0.15) is 0 Å². The minimum atomic E-state index is -1.14. The van der Waals surface area contributed by atoms with Crippen molar-refractivity contribution in [3.63, 3.8) is 0 Å². The molecule has 3 amide bonds. The fourth-order valence-electron chi connectivity index (χ4n) is 3.22. The van der Waals surface area contributed by atoms with E-state index in [2.05, 4.69) is 5.32 Å². The van der Waals surface area contributed by atoms with E-state index < -0.39 is 36.3 Å². The Morgan fingerprint density at radius 2 is 1.48 bits per heavy atom. The number of amides is 3. The maximum absolute atomic E-state index is 12.5. The first-order chi connectivity index (χ1) is 13.8. The number of hydrogen-bond acceptors (Lipinski definition) is 5. The van der Waals surface area contributed by atoms with Crippen molar-refractivity contribution in [3.05, 3.63) is 65.2 Å². The number of carbonyl (C=O) groups excluding carboxylic acids is 4. The summed E-state index contributed by atoms with van der Waals surface area (Å²) in [7, 11) is 0. The lowest BCUT2D eigenvalue weighted by atomic mass is 10.0. The number of nitrogens with one attached hydrogen (secondary N) is 1. The molecule has 29 heavy (non-hydrogen) atoms. The van der Waals surface area contributed by atoms with Gasteiger partial charge in [0.15, 0.2) is 6.61 Å². The van der Waals surface area contributed by atoms with Crippen molar-refractivity contribution < 1.29 is 23.9 Å². The van der Waals surface area contributed by atoms with Gasteiger partial charge in [0.25, 0.3) is 17.7 Å². The first-order valence-corrected chi connectivity index (χ1v) is 9.33. The second kappa shape index (κ2) is 8.26. The summed E-state index contributed by atoms with van der Waals surface area (Å²) in [6.45, 7) is 4.90. The minimum absolute atomic E-state index is 0.211. The van der Waals surface area contributed by atoms with Gasteiger partial charge in [0.2, 0.25) is 0 Å². The van der Waals surface area contributed by atoms with Gasteiger partial charge in [0.1, 0.15) is 6.04 Å². The summed E-state index contributed by atoms with van der Waals surface area (Å²) in [6, 6.07) is 12.6. The molecular weight excluding hydrogens is 372 g/mol. The van der Waals surface area contributed by atoms with Crippen LogP contribution in [0.3, 0.4) is 0 Å². The lowest BCUT2D eigenvalue weighted by Gasteiger charge is -2.21. The smallest absolute Gasteiger partial charge is 0.329 e. The largest absolute Gasteiger partial charge is 0.454 e. The second-order valence-electron chi connectivity index (χ2n) is 7.10. The fraction of sp³-hybridized carbons (Fsp3) is 0.273. The van der Waals surface area contributed by atoms with Crippen LogP contribution >= 0.6 is 0 Å². The van der Waals surface area contributed by atoms with Gasteiger partial charge >= 0.3 is 5.97 Å². The molecule has 0 radical (unpaired) electrons. The molecule has 3 rings (SSSR count). The van der Waals surface area contributed by atoms with Crippen molar-refractivity contribution >= 4 is 29.4 Å². The number of nitrogens with zero attached hydrogens (tertiary/aromatic N) is 1. The van der Waals surface area contributed by atoms with Gasteiger partial charge in [0.05, 0.1) is 11.1 Å². The van der Waals surface area contributed by atoms with Crippen LogP contribution in [0.15, 0.2) is 48.5 Å². The Balaban J connectivity index is 1.61. The van der Waals surface area contributed by atoms with Gasteiger partial charge in [-0.3, -0.25) is 19.3 Å². The number of carbonyl (C=O) groups is 4. The number of ether oxygens (including phenoxy) is 1. The van der Waals surface area contributed by atoms with E-state index >= 15 is 0 Å². The molecule has 0 aromatic heterocycles. The number of esters is 1. The maximum atomic E-state index is 12.5. The van der Waals surface area contributed by atoms with Crippen molar-refractivity contribution in [1.82, 2.24) is 4.90 Å². The first kappa shape index (κ1) is 20.3. The second-order valence-corrected chi connectivity index (χ2v) is 7.10. The number of hydrogen-bond donors (Lipinski definition) is 1. The van der Waals surface area contributed by atoms with E-state index in [1.54, 1.807) is 24.3 Å². The summed E-state index contributed by atoms with van der Waals surface area (Å²) < 4.78 is 5.05. The number of benzene rings is 2. The fourth-order valence-corrected chi connectivity index (χ4v) is 3.22. The Bertz CT molecular complexity index is 948. The first-order valence-electron chi connectivity index (χ1n) is 9.33. The summed E-state index contributed by atoms with van der Waals surface area (Å²) in [4.78, 5) is 50.3. The van der Waals surface area contributed by atoms with Gasteiger partial charge in [-0.05, 0) is 36.6 Å². The molecule has 150 valence electrons. The molecule has 1 heterocycles. The molecule has 2 aromatic carbocycles. The molecule has 7 nitrogen and oxygen atoms in total. The highest BCUT2D eigenvalue weighted by atomic mass is 16.5. The number of imide groups is 1. The molecule has 0 fully saturated rings. The molecule has 1 aliphatic heterocycles. The number of rotatable bonds is 6. The average molecular weight is 394 g/mol. The Labute approximate surface area is 168 Å². The Morgan fingerprint density at radius 3 is 2.07 bits per heavy atom. The van der Waals surface area contributed by atoms with E-state index in [0.717, 1.165) is 10.5 Å². The molecule has 1 N–H and O–H groups in total. The Kier molecular flexibility index (Phi) is 5.77. The summed E-state index contributed by atoms with van der Waals surface area (Å²) in [5.41, 5.74) is 2.11. The van der Waals surface area contributed by atoms with Crippen molar-refractivity contribution in [2.24, 2.45) is 0 Å². The third-order valence-electron chi connectivity index (χ3n) is 4.76. The van der Waals surface area contributed by atoms with Crippen molar-refractivity contribution in [2.45, 2.75) is 32.7 Å². The van der Waals surface area contributed by atoms with Crippen LogP contribution in [0.5, 0.6) is 0 Å². The average Bonchev–Trinajstić information content (AvgIpc) is 2.96. The Hall–Kier alpha value is -3.48. The van der Waals surface area contributed by atoms with E-state index in [-0.39, 0.29) is 17.0 Å². The molecule has 0 bridgehead atoms. The summed E-state index contributed by atoms with van der Waals surface area (Å²) >= 11 is 0. The third kappa shape index (κ3) is 4.03. The molecule has 1 unspecified atom stereocenters. The normalized spacial score (nSPS) is 14.0. The van der Waals surface area contributed by atoms with Gasteiger partial charge in [-0.1, -0.05) is 44.2 Å². The van der Waals surface area contributed by atoms with E-state index in [1.165, 1.54) is 19.1 Å². The predicted molar refractivity (Wildman–Crippen MR) is 107 cm³/mol. The lowest BCUT2D eigenvalue weighted by Crippen LogP contribution is -2.44. The van der Waals surface area contributed by atoms with Gasteiger partial charge in [-0.15, -0.1) is 0 Å². The highest BCUT2D eigenvalue weighted by molar-refractivity contribution is 6.22. The van der Waals surface area contributed by atoms with E-state index in [4.69, 9.17) is 4.74 Å². The highest BCUT2D eigenvalue weighted by Gasteiger charge is 2.41. The standard InChI is InChI=1S/C22H22N2O5/c1-13(2)15-8-6-7-11-18(15)23-19(25)12-29-22(28)14(3)24-20(26)16-9-4-5-10-17(16)21(24)27/h4-11,13-14H,12H2,1-3H3,(H,23,25). The quantitative estimate of drug-likeness (QED) is 0.601. The van der Waals surface area contributed by atoms with E-state index in [1.807, 2.05) is 26.0 Å². The minimum Gasteiger partial charge on any atom is -0.454 e. The zero-order valence-corrected chi connectivity index (χ0v) is 16.5. The molecule has 0 saturated carbocycles. The molecule has 1 atom stereocenters. The molecule has 7 heteroatoms. The van der Waals surface area contributed by atoms with Crippen molar-refractivity contribution in [3.8, 4) is 0 Å². The van der Waals surface area contributed by atoms with Crippen LogP contribution in [0.25, 0.3) is 0 Å². The molecule has 0 aliphatic carbocycles. The molecular formula is C22H22N2O5. The van der Waals surface area contributed by atoms with Crippen LogP contribution in [0, 0.1) is 0 Å². The van der Waals surface area contributed by atoms with Crippen molar-refractivity contribution in [1.29, 1.82) is 0 Å². The summed E-state index contributed by atoms with van der Waals surface area (Å²) in [5, 5.41) is 2.72. The molecule has 2 aromatic rings. The van der Waals surface area contributed by atoms with Gasteiger partial charge in [-0.25, -0.2) is 4.79 Å². The van der Waals surface area contributed by atoms with Crippen LogP contribution in [-0.4, -0.2) is 41.2 Å². The molecule has 1 aliphatic rings. The zero-order valence-electron chi connectivity index (χ0n) is 16.5. The predicted octanol–water partition coefficient (Wildman–Crippen LogP) is 2.98. The van der Waals surface area contributed by atoms with Crippen LogP contribution < -0.4 is 5.32 Å².